The molecule has 0 atom stereocenters. The first kappa shape index (κ1) is 21.6. The van der Waals surface area contributed by atoms with Gasteiger partial charge in [-0.3, -0.25) is 0 Å². The predicted octanol–water partition coefficient (Wildman–Crippen LogP) is 4.60. The van der Waals surface area contributed by atoms with Crippen LogP contribution in [-0.4, -0.2) is 25.9 Å². The Kier molecular flexibility index (Phi) is 6.41. The van der Waals surface area contributed by atoms with Crippen LogP contribution in [0.1, 0.15) is 27.8 Å². The maximum atomic E-state index is 13.3. The van der Waals surface area contributed by atoms with Gasteiger partial charge in [0.05, 0.1) is 18.1 Å². The fraction of sp³-hybridized carbons (Fsp3) is 0.280. The standard InChI is InChI=1S/C25H27NO4S/c1-19-8-10-24(14-20(19)2)31(27,28)26-12-13-30-25-11-9-22(15-23(25)16-26)18-29-17-21-6-4-3-5-7-21/h3-11,14-15H,12-13,16-18H2,1-2H3. The summed E-state index contributed by atoms with van der Waals surface area (Å²) >= 11 is 0. The molecule has 0 radical (unpaired) electrons. The quantitative estimate of drug-likeness (QED) is 0.565. The van der Waals surface area contributed by atoms with Gasteiger partial charge >= 0.3 is 0 Å². The van der Waals surface area contributed by atoms with Gasteiger partial charge in [-0.2, -0.15) is 4.31 Å². The summed E-state index contributed by atoms with van der Waals surface area (Å²) in [5, 5.41) is 0. The number of hydrogen-bond donors (Lipinski definition) is 0. The van der Waals surface area contributed by atoms with E-state index < -0.39 is 10.0 Å². The van der Waals surface area contributed by atoms with Crippen LogP contribution in [0.15, 0.2) is 71.6 Å². The van der Waals surface area contributed by atoms with E-state index in [0.29, 0.717) is 31.3 Å². The molecular weight excluding hydrogens is 410 g/mol. The van der Waals surface area contributed by atoms with Gasteiger partial charge in [0.1, 0.15) is 12.4 Å². The highest BCUT2D eigenvalue weighted by molar-refractivity contribution is 7.89. The zero-order valence-electron chi connectivity index (χ0n) is 17.9. The summed E-state index contributed by atoms with van der Waals surface area (Å²) in [4.78, 5) is 0.321. The lowest BCUT2D eigenvalue weighted by Crippen LogP contribution is -2.32. The fourth-order valence-corrected chi connectivity index (χ4v) is 5.09. The van der Waals surface area contributed by atoms with Crippen molar-refractivity contribution >= 4 is 10.0 Å². The highest BCUT2D eigenvalue weighted by Gasteiger charge is 2.28. The van der Waals surface area contributed by atoms with Crippen LogP contribution >= 0.6 is 0 Å². The van der Waals surface area contributed by atoms with E-state index in [9.17, 15) is 8.42 Å². The molecule has 0 spiro atoms. The number of hydrogen-bond acceptors (Lipinski definition) is 4. The minimum absolute atomic E-state index is 0.275. The van der Waals surface area contributed by atoms with Crippen LogP contribution in [0.25, 0.3) is 0 Å². The van der Waals surface area contributed by atoms with Crippen LogP contribution in [-0.2, 0) is 34.5 Å². The summed E-state index contributed by atoms with van der Waals surface area (Å²) in [6.07, 6.45) is 0. The molecule has 0 saturated carbocycles. The maximum absolute atomic E-state index is 13.3. The number of nitrogens with zero attached hydrogens (tertiary/aromatic N) is 1. The molecule has 0 aliphatic carbocycles. The smallest absolute Gasteiger partial charge is 0.243 e. The lowest BCUT2D eigenvalue weighted by Gasteiger charge is -2.20. The van der Waals surface area contributed by atoms with E-state index >= 15 is 0 Å². The highest BCUT2D eigenvalue weighted by Crippen LogP contribution is 2.28. The third kappa shape index (κ3) is 4.98. The van der Waals surface area contributed by atoms with Crippen molar-refractivity contribution in [2.24, 2.45) is 0 Å². The van der Waals surface area contributed by atoms with Crippen molar-refractivity contribution in [1.29, 1.82) is 0 Å². The van der Waals surface area contributed by atoms with Crippen LogP contribution in [0, 0.1) is 13.8 Å². The lowest BCUT2D eigenvalue weighted by molar-refractivity contribution is 0.107. The summed E-state index contributed by atoms with van der Waals surface area (Å²) in [7, 11) is -3.61. The Morgan fingerprint density at radius 2 is 1.68 bits per heavy atom. The van der Waals surface area contributed by atoms with Crippen LogP contribution < -0.4 is 4.74 Å². The van der Waals surface area contributed by atoms with E-state index in [1.807, 2.05) is 68.4 Å². The Labute approximate surface area is 184 Å². The summed E-state index contributed by atoms with van der Waals surface area (Å²) in [5.41, 5.74) is 5.00. The minimum atomic E-state index is -3.61. The summed E-state index contributed by atoms with van der Waals surface area (Å²) in [6, 6.07) is 21.1. The van der Waals surface area contributed by atoms with Gasteiger partial charge < -0.3 is 9.47 Å². The van der Waals surface area contributed by atoms with Crippen molar-refractivity contribution in [3.63, 3.8) is 0 Å². The van der Waals surface area contributed by atoms with E-state index in [1.165, 1.54) is 4.31 Å². The topological polar surface area (TPSA) is 55.8 Å². The molecule has 0 fully saturated rings. The average molecular weight is 438 g/mol. The second kappa shape index (κ2) is 9.22. The molecule has 6 heteroatoms. The third-order valence-corrected chi connectivity index (χ3v) is 7.41. The molecule has 31 heavy (non-hydrogen) atoms. The molecule has 0 unspecified atom stereocenters. The Morgan fingerprint density at radius 1 is 0.903 bits per heavy atom. The first-order chi connectivity index (χ1) is 14.9. The number of ether oxygens (including phenoxy) is 2. The molecule has 0 aromatic heterocycles. The summed E-state index contributed by atoms with van der Waals surface area (Å²) in [5.74, 6) is 0.726. The molecule has 0 saturated heterocycles. The van der Waals surface area contributed by atoms with E-state index in [0.717, 1.165) is 33.6 Å². The molecule has 1 aliphatic heterocycles. The molecule has 3 aromatic rings. The van der Waals surface area contributed by atoms with Crippen LogP contribution in [0.2, 0.25) is 0 Å². The van der Waals surface area contributed by atoms with Crippen molar-refractivity contribution in [2.75, 3.05) is 13.2 Å². The Balaban J connectivity index is 1.50. The van der Waals surface area contributed by atoms with Crippen molar-refractivity contribution in [1.82, 2.24) is 4.31 Å². The molecule has 1 aliphatic rings. The normalized spacial score (nSPS) is 14.5. The van der Waals surface area contributed by atoms with Gasteiger partial charge in [0.15, 0.2) is 0 Å². The molecule has 4 rings (SSSR count). The van der Waals surface area contributed by atoms with E-state index in [2.05, 4.69) is 0 Å². The van der Waals surface area contributed by atoms with Crippen molar-refractivity contribution in [2.45, 2.75) is 38.5 Å². The van der Waals surface area contributed by atoms with Gasteiger partial charge in [-0.15, -0.1) is 0 Å². The molecule has 162 valence electrons. The number of sulfonamides is 1. The predicted molar refractivity (Wildman–Crippen MR) is 120 cm³/mol. The largest absolute Gasteiger partial charge is 0.492 e. The van der Waals surface area contributed by atoms with Crippen molar-refractivity contribution < 1.29 is 17.9 Å². The molecule has 0 N–H and O–H groups in total. The van der Waals surface area contributed by atoms with Crippen LogP contribution in [0.3, 0.4) is 0 Å². The van der Waals surface area contributed by atoms with E-state index in [1.54, 1.807) is 12.1 Å². The van der Waals surface area contributed by atoms with Gasteiger partial charge in [0.25, 0.3) is 0 Å². The number of rotatable bonds is 6. The lowest BCUT2D eigenvalue weighted by atomic mass is 10.1. The Bertz CT molecular complexity index is 1160. The van der Waals surface area contributed by atoms with E-state index in [-0.39, 0.29) is 6.54 Å². The first-order valence-electron chi connectivity index (χ1n) is 10.4. The SMILES string of the molecule is Cc1ccc(S(=O)(=O)N2CCOc3ccc(COCc4ccccc4)cc3C2)cc1C. The Hall–Kier alpha value is -2.67. The molecule has 0 amide bonds. The van der Waals surface area contributed by atoms with Crippen molar-refractivity contribution in [3.05, 3.63) is 94.5 Å². The second-order valence-corrected chi connectivity index (χ2v) is 9.79. The molecular formula is C25H27NO4S. The Morgan fingerprint density at radius 3 is 2.45 bits per heavy atom. The fourth-order valence-electron chi connectivity index (χ4n) is 3.60. The monoisotopic (exact) mass is 437 g/mol. The zero-order chi connectivity index (χ0) is 21.8. The average Bonchev–Trinajstić information content (AvgIpc) is 2.99. The maximum Gasteiger partial charge on any atom is 0.243 e. The first-order valence-corrected chi connectivity index (χ1v) is 11.8. The molecule has 5 nitrogen and oxygen atoms in total. The highest BCUT2D eigenvalue weighted by atomic mass is 32.2. The summed E-state index contributed by atoms with van der Waals surface area (Å²) < 4.78 is 39.7. The molecule has 0 bridgehead atoms. The zero-order valence-corrected chi connectivity index (χ0v) is 18.7. The second-order valence-electron chi connectivity index (χ2n) is 7.85. The molecule has 3 aromatic carbocycles. The molecule has 1 heterocycles. The van der Waals surface area contributed by atoms with Gasteiger partial charge in [-0.1, -0.05) is 42.5 Å². The summed E-state index contributed by atoms with van der Waals surface area (Å²) in [6.45, 7) is 5.79. The van der Waals surface area contributed by atoms with Gasteiger partial charge in [0.2, 0.25) is 10.0 Å². The van der Waals surface area contributed by atoms with Gasteiger partial charge in [-0.25, -0.2) is 8.42 Å². The van der Waals surface area contributed by atoms with Crippen LogP contribution in [0.4, 0.5) is 0 Å². The van der Waals surface area contributed by atoms with Gasteiger partial charge in [-0.05, 0) is 60.4 Å². The number of benzene rings is 3. The van der Waals surface area contributed by atoms with E-state index in [4.69, 9.17) is 9.47 Å². The minimum Gasteiger partial charge on any atom is -0.492 e. The van der Waals surface area contributed by atoms with Crippen molar-refractivity contribution in [3.8, 4) is 5.75 Å². The number of aryl methyl sites for hydroxylation is 2. The third-order valence-electron chi connectivity index (χ3n) is 5.57. The number of fused-ring (bicyclic) bond motifs is 1. The van der Waals surface area contributed by atoms with Crippen LogP contribution in [0.5, 0.6) is 5.75 Å². The van der Waals surface area contributed by atoms with Gasteiger partial charge in [0, 0.05) is 18.7 Å².